The quantitative estimate of drug-likeness (QED) is 0.344. The molecule has 1 aliphatic rings. The van der Waals surface area contributed by atoms with Gasteiger partial charge < -0.3 is 10.4 Å². The fourth-order valence-corrected chi connectivity index (χ4v) is 4.68. The molecule has 1 aliphatic carbocycles. The lowest BCUT2D eigenvalue weighted by atomic mass is 9.82. The average molecular weight is 447 g/mol. The number of hydrogen-bond donors (Lipinski definition) is 2. The van der Waals surface area contributed by atoms with Crippen LogP contribution in [0.5, 0.6) is 5.75 Å². The molecule has 0 radical (unpaired) electrons. The Balaban J connectivity index is 1.67. The number of phenolic OH excluding ortho intramolecular Hbond substituents is 1. The molecule has 0 unspecified atom stereocenters. The van der Waals surface area contributed by atoms with Gasteiger partial charge in [-0.15, -0.1) is 0 Å². The van der Waals surface area contributed by atoms with Crippen molar-refractivity contribution in [3.8, 4) is 16.9 Å². The minimum Gasteiger partial charge on any atom is -0.507 e. The SMILES string of the molecule is CC1(C)c2ccc(NC(=O)c3ccccc3)cc2-c2c1cc(O)c1cc(C(F)(F)F)ccc21. The molecule has 0 aliphatic heterocycles. The van der Waals surface area contributed by atoms with Crippen molar-refractivity contribution < 1.29 is 23.1 Å². The van der Waals surface area contributed by atoms with Crippen LogP contribution in [0.4, 0.5) is 18.9 Å². The van der Waals surface area contributed by atoms with Crippen molar-refractivity contribution in [2.75, 3.05) is 5.32 Å². The first-order chi connectivity index (χ1) is 15.6. The predicted octanol–water partition coefficient (Wildman–Crippen LogP) is 7.12. The third-order valence-corrected chi connectivity index (χ3v) is 6.37. The summed E-state index contributed by atoms with van der Waals surface area (Å²) in [7, 11) is 0. The molecule has 0 bridgehead atoms. The second kappa shape index (κ2) is 7.10. The van der Waals surface area contributed by atoms with Crippen LogP contribution in [0.3, 0.4) is 0 Å². The Hall–Kier alpha value is -3.80. The topological polar surface area (TPSA) is 49.3 Å². The monoisotopic (exact) mass is 447 g/mol. The summed E-state index contributed by atoms with van der Waals surface area (Å²) in [5.41, 5.74) is 3.22. The van der Waals surface area contributed by atoms with Crippen molar-refractivity contribution in [1.82, 2.24) is 0 Å². The molecule has 6 heteroatoms. The van der Waals surface area contributed by atoms with Gasteiger partial charge in [-0.1, -0.05) is 44.2 Å². The van der Waals surface area contributed by atoms with E-state index in [0.29, 0.717) is 16.6 Å². The van der Waals surface area contributed by atoms with Gasteiger partial charge in [-0.05, 0) is 70.1 Å². The van der Waals surface area contributed by atoms with Crippen LogP contribution in [-0.2, 0) is 11.6 Å². The normalized spacial score (nSPS) is 14.1. The van der Waals surface area contributed by atoms with Crippen LogP contribution in [0.2, 0.25) is 0 Å². The zero-order chi connectivity index (χ0) is 23.5. The summed E-state index contributed by atoms with van der Waals surface area (Å²) in [6, 6.07) is 19.4. The van der Waals surface area contributed by atoms with Gasteiger partial charge in [0.1, 0.15) is 5.75 Å². The number of nitrogens with one attached hydrogen (secondary N) is 1. The molecule has 0 heterocycles. The van der Waals surface area contributed by atoms with E-state index in [9.17, 15) is 23.1 Å². The maximum absolute atomic E-state index is 13.3. The van der Waals surface area contributed by atoms with E-state index in [0.717, 1.165) is 34.4 Å². The molecule has 33 heavy (non-hydrogen) atoms. The summed E-state index contributed by atoms with van der Waals surface area (Å²) >= 11 is 0. The Morgan fingerprint density at radius 2 is 1.61 bits per heavy atom. The number of phenols is 1. The standard InChI is InChI=1S/C27H20F3NO2/c1-26(2)21-11-9-17(31-25(33)15-6-4-3-5-7-15)13-20(21)24-18-10-8-16(27(28,29)30)12-19(18)23(32)14-22(24)26/h3-14,32H,1-2H3,(H,31,33). The van der Waals surface area contributed by atoms with E-state index < -0.39 is 17.2 Å². The lowest BCUT2D eigenvalue weighted by molar-refractivity contribution is -0.137. The van der Waals surface area contributed by atoms with Crippen LogP contribution in [0.1, 0.15) is 40.9 Å². The molecule has 0 fully saturated rings. The highest BCUT2D eigenvalue weighted by Gasteiger charge is 2.38. The van der Waals surface area contributed by atoms with Crippen molar-refractivity contribution in [3.05, 3.63) is 95.1 Å². The molecule has 1 amide bonds. The fraction of sp³-hybridized carbons (Fsp3) is 0.148. The molecule has 3 nitrogen and oxygen atoms in total. The van der Waals surface area contributed by atoms with E-state index >= 15 is 0 Å². The minimum absolute atomic E-state index is 0.144. The molecule has 4 aromatic rings. The average Bonchev–Trinajstić information content (AvgIpc) is 3.00. The van der Waals surface area contributed by atoms with Crippen LogP contribution >= 0.6 is 0 Å². The van der Waals surface area contributed by atoms with Gasteiger partial charge in [-0.2, -0.15) is 13.2 Å². The number of carbonyl (C=O) groups excluding carboxylic acids is 1. The highest BCUT2D eigenvalue weighted by atomic mass is 19.4. The number of carbonyl (C=O) groups is 1. The Morgan fingerprint density at radius 1 is 0.879 bits per heavy atom. The number of benzene rings is 4. The van der Waals surface area contributed by atoms with E-state index in [2.05, 4.69) is 5.32 Å². The predicted molar refractivity (Wildman–Crippen MR) is 123 cm³/mol. The summed E-state index contributed by atoms with van der Waals surface area (Å²) in [4.78, 5) is 12.6. The lowest BCUT2D eigenvalue weighted by Crippen LogP contribution is -2.15. The molecule has 4 aromatic carbocycles. The Labute approximate surface area is 188 Å². The molecule has 0 aromatic heterocycles. The number of alkyl halides is 3. The molecule has 0 saturated heterocycles. The van der Waals surface area contributed by atoms with Gasteiger partial charge >= 0.3 is 6.18 Å². The van der Waals surface area contributed by atoms with E-state index in [-0.39, 0.29) is 17.0 Å². The Morgan fingerprint density at radius 3 is 2.30 bits per heavy atom. The number of rotatable bonds is 2. The zero-order valence-corrected chi connectivity index (χ0v) is 17.9. The summed E-state index contributed by atoms with van der Waals surface area (Å²) in [6.45, 7) is 4.02. The van der Waals surface area contributed by atoms with E-state index in [1.54, 1.807) is 30.3 Å². The first kappa shape index (κ1) is 21.1. The number of anilines is 1. The maximum atomic E-state index is 13.3. The summed E-state index contributed by atoms with van der Waals surface area (Å²) in [6.07, 6.45) is -4.51. The molecule has 0 saturated carbocycles. The number of hydrogen-bond acceptors (Lipinski definition) is 2. The van der Waals surface area contributed by atoms with Gasteiger partial charge in [0.15, 0.2) is 0 Å². The highest BCUT2D eigenvalue weighted by Crippen LogP contribution is 2.54. The molecule has 5 rings (SSSR count). The second-order valence-corrected chi connectivity index (χ2v) is 8.78. The molecule has 166 valence electrons. The van der Waals surface area contributed by atoms with Gasteiger partial charge in [0.2, 0.25) is 0 Å². The number of fused-ring (bicyclic) bond motifs is 5. The first-order valence-corrected chi connectivity index (χ1v) is 10.5. The third-order valence-electron chi connectivity index (χ3n) is 6.37. The Bertz CT molecular complexity index is 1420. The van der Waals surface area contributed by atoms with Crippen LogP contribution in [0.15, 0.2) is 72.8 Å². The maximum Gasteiger partial charge on any atom is 0.416 e. The van der Waals surface area contributed by atoms with Crippen molar-refractivity contribution >= 4 is 22.4 Å². The Kier molecular flexibility index (Phi) is 4.53. The largest absolute Gasteiger partial charge is 0.507 e. The number of halogens is 3. The van der Waals surface area contributed by atoms with E-state index in [4.69, 9.17) is 0 Å². The van der Waals surface area contributed by atoms with Gasteiger partial charge in [0.25, 0.3) is 5.91 Å². The summed E-state index contributed by atoms with van der Waals surface area (Å²) in [5, 5.41) is 14.2. The van der Waals surface area contributed by atoms with Crippen LogP contribution < -0.4 is 5.32 Å². The van der Waals surface area contributed by atoms with Gasteiger partial charge in [0.05, 0.1) is 5.56 Å². The van der Waals surface area contributed by atoms with Crippen molar-refractivity contribution in [3.63, 3.8) is 0 Å². The third kappa shape index (κ3) is 3.33. The van der Waals surface area contributed by atoms with Crippen molar-refractivity contribution in [2.45, 2.75) is 25.4 Å². The molecule has 2 N–H and O–H groups in total. The van der Waals surface area contributed by atoms with Crippen LogP contribution in [-0.4, -0.2) is 11.0 Å². The lowest BCUT2D eigenvalue weighted by Gasteiger charge is -2.22. The molecular weight excluding hydrogens is 427 g/mol. The van der Waals surface area contributed by atoms with Crippen molar-refractivity contribution in [1.29, 1.82) is 0 Å². The highest BCUT2D eigenvalue weighted by molar-refractivity contribution is 6.07. The summed E-state index contributed by atoms with van der Waals surface area (Å²) in [5.74, 6) is -0.438. The van der Waals surface area contributed by atoms with Crippen LogP contribution in [0, 0.1) is 0 Å². The molecule has 0 spiro atoms. The smallest absolute Gasteiger partial charge is 0.416 e. The van der Waals surface area contributed by atoms with E-state index in [1.165, 1.54) is 6.07 Å². The van der Waals surface area contributed by atoms with Crippen LogP contribution in [0.25, 0.3) is 21.9 Å². The van der Waals surface area contributed by atoms with Gasteiger partial charge in [-0.3, -0.25) is 4.79 Å². The summed E-state index contributed by atoms with van der Waals surface area (Å²) < 4.78 is 39.8. The number of amides is 1. The number of aromatic hydroxyl groups is 1. The van der Waals surface area contributed by atoms with Gasteiger partial charge in [0, 0.05) is 22.1 Å². The van der Waals surface area contributed by atoms with Crippen molar-refractivity contribution in [2.24, 2.45) is 0 Å². The molecular formula is C27H20F3NO2. The molecule has 0 atom stereocenters. The van der Waals surface area contributed by atoms with Gasteiger partial charge in [-0.25, -0.2) is 0 Å². The first-order valence-electron chi connectivity index (χ1n) is 10.5. The minimum atomic E-state index is -4.51. The second-order valence-electron chi connectivity index (χ2n) is 8.78. The fourth-order valence-electron chi connectivity index (χ4n) is 4.68. The zero-order valence-electron chi connectivity index (χ0n) is 17.9. The van der Waals surface area contributed by atoms with E-state index in [1.807, 2.05) is 38.1 Å².